The van der Waals surface area contributed by atoms with Gasteiger partial charge in [0.15, 0.2) is 0 Å². The van der Waals surface area contributed by atoms with Gasteiger partial charge in [0, 0.05) is 24.1 Å². The predicted molar refractivity (Wildman–Crippen MR) is 103 cm³/mol. The summed E-state index contributed by atoms with van der Waals surface area (Å²) in [5.41, 5.74) is 4.28. The van der Waals surface area contributed by atoms with E-state index in [9.17, 15) is 4.79 Å². The van der Waals surface area contributed by atoms with Crippen LogP contribution in [0.3, 0.4) is 0 Å². The fourth-order valence-corrected chi connectivity index (χ4v) is 3.92. The van der Waals surface area contributed by atoms with E-state index in [1.54, 1.807) is 14.2 Å². The molecule has 0 bridgehead atoms. The SMILES string of the molecule is COc1ccc(-n2c(C)cc(C=C3SC(=S)N(C)C3=O)c2C)cc1. The molecule has 3 rings (SSSR count). The maximum absolute atomic E-state index is 12.2. The molecule has 2 aromatic rings. The molecule has 124 valence electrons. The zero-order chi connectivity index (χ0) is 17.4. The van der Waals surface area contributed by atoms with Gasteiger partial charge in [-0.25, -0.2) is 0 Å². The molecule has 1 aromatic carbocycles. The average molecular weight is 358 g/mol. The first kappa shape index (κ1) is 16.8. The van der Waals surface area contributed by atoms with E-state index >= 15 is 0 Å². The number of likely N-dealkylation sites (N-methyl/N-ethyl adjacent to an activating group) is 1. The summed E-state index contributed by atoms with van der Waals surface area (Å²) in [4.78, 5) is 14.4. The Morgan fingerprint density at radius 3 is 2.42 bits per heavy atom. The highest BCUT2D eigenvalue weighted by Gasteiger charge is 2.29. The number of benzene rings is 1. The Bertz CT molecular complexity index is 851. The van der Waals surface area contributed by atoms with Crippen molar-refractivity contribution in [2.45, 2.75) is 13.8 Å². The molecule has 4 nitrogen and oxygen atoms in total. The fraction of sp³-hybridized carbons (Fsp3) is 0.222. The molecular formula is C18H18N2O2S2. The zero-order valence-electron chi connectivity index (χ0n) is 14.0. The number of hydrogen-bond donors (Lipinski definition) is 0. The first-order chi connectivity index (χ1) is 11.4. The minimum Gasteiger partial charge on any atom is -0.497 e. The zero-order valence-corrected chi connectivity index (χ0v) is 15.6. The molecule has 0 unspecified atom stereocenters. The summed E-state index contributed by atoms with van der Waals surface area (Å²) in [6, 6.07) is 10.0. The number of ether oxygens (including phenoxy) is 1. The van der Waals surface area contributed by atoms with Crippen LogP contribution in [0.15, 0.2) is 35.2 Å². The van der Waals surface area contributed by atoms with E-state index < -0.39 is 0 Å². The number of hydrogen-bond acceptors (Lipinski definition) is 4. The quantitative estimate of drug-likeness (QED) is 0.615. The normalized spacial score (nSPS) is 16.3. The van der Waals surface area contributed by atoms with Gasteiger partial charge >= 0.3 is 0 Å². The second kappa shape index (κ2) is 6.45. The molecule has 0 radical (unpaired) electrons. The van der Waals surface area contributed by atoms with E-state index in [0.717, 1.165) is 28.4 Å². The predicted octanol–water partition coefficient (Wildman–Crippen LogP) is 3.93. The number of rotatable bonds is 3. The van der Waals surface area contributed by atoms with Crippen molar-refractivity contribution in [3.8, 4) is 11.4 Å². The van der Waals surface area contributed by atoms with Crippen LogP contribution in [-0.2, 0) is 4.79 Å². The number of nitrogens with zero attached hydrogens (tertiary/aromatic N) is 2. The van der Waals surface area contributed by atoms with E-state index in [0.29, 0.717) is 9.23 Å². The lowest BCUT2D eigenvalue weighted by molar-refractivity contribution is -0.121. The van der Waals surface area contributed by atoms with Crippen LogP contribution in [-0.4, -0.2) is 33.9 Å². The molecule has 1 fully saturated rings. The second-order valence-electron chi connectivity index (χ2n) is 5.60. The number of amides is 1. The number of methoxy groups -OCH3 is 1. The number of aryl methyl sites for hydroxylation is 1. The summed E-state index contributed by atoms with van der Waals surface area (Å²) in [5, 5.41) is 0. The van der Waals surface area contributed by atoms with Crippen molar-refractivity contribution in [1.82, 2.24) is 9.47 Å². The largest absolute Gasteiger partial charge is 0.497 e. The van der Waals surface area contributed by atoms with Gasteiger partial charge in [-0.2, -0.15) is 0 Å². The third kappa shape index (κ3) is 2.87. The molecule has 1 aliphatic heterocycles. The van der Waals surface area contributed by atoms with Gasteiger partial charge < -0.3 is 9.30 Å². The Morgan fingerprint density at radius 1 is 1.21 bits per heavy atom. The van der Waals surface area contributed by atoms with Crippen molar-refractivity contribution in [3.63, 3.8) is 0 Å². The lowest BCUT2D eigenvalue weighted by Crippen LogP contribution is -2.22. The Kier molecular flexibility index (Phi) is 4.51. The second-order valence-corrected chi connectivity index (χ2v) is 7.28. The van der Waals surface area contributed by atoms with E-state index in [2.05, 4.69) is 24.5 Å². The third-order valence-electron chi connectivity index (χ3n) is 4.07. The topological polar surface area (TPSA) is 34.5 Å². The van der Waals surface area contributed by atoms with E-state index in [1.807, 2.05) is 30.3 Å². The summed E-state index contributed by atoms with van der Waals surface area (Å²) in [6.07, 6.45) is 1.92. The summed E-state index contributed by atoms with van der Waals surface area (Å²) < 4.78 is 7.97. The molecule has 24 heavy (non-hydrogen) atoms. The van der Waals surface area contributed by atoms with Crippen LogP contribution >= 0.6 is 24.0 Å². The van der Waals surface area contributed by atoms with Gasteiger partial charge in [-0.05, 0) is 55.8 Å². The van der Waals surface area contributed by atoms with Gasteiger partial charge in [0.05, 0.1) is 12.0 Å². The third-order valence-corrected chi connectivity index (χ3v) is 5.56. The smallest absolute Gasteiger partial charge is 0.265 e. The molecule has 1 aromatic heterocycles. The lowest BCUT2D eigenvalue weighted by Gasteiger charge is -2.10. The fourth-order valence-electron chi connectivity index (χ4n) is 2.75. The Hall–Kier alpha value is -2.05. The van der Waals surface area contributed by atoms with Crippen molar-refractivity contribution < 1.29 is 9.53 Å². The maximum Gasteiger partial charge on any atom is 0.265 e. The monoisotopic (exact) mass is 358 g/mol. The molecule has 0 aliphatic carbocycles. The molecule has 2 heterocycles. The summed E-state index contributed by atoms with van der Waals surface area (Å²) in [7, 11) is 3.36. The number of aromatic nitrogens is 1. The number of thiocarbonyl (C=S) groups is 1. The van der Waals surface area contributed by atoms with Crippen LogP contribution in [0.4, 0.5) is 0 Å². The standard InChI is InChI=1S/C18H18N2O2S2/c1-11-9-13(10-16-17(21)19(3)18(23)24-16)12(2)20(11)14-5-7-15(22-4)8-6-14/h5-10H,1-4H3. The number of carbonyl (C=O) groups excluding carboxylic acids is 1. The highest BCUT2D eigenvalue weighted by Crippen LogP contribution is 2.33. The van der Waals surface area contributed by atoms with Gasteiger partial charge in [0.1, 0.15) is 10.1 Å². The van der Waals surface area contributed by atoms with E-state index in [-0.39, 0.29) is 5.91 Å². The summed E-state index contributed by atoms with van der Waals surface area (Å²) in [5.74, 6) is 0.785. The van der Waals surface area contributed by atoms with E-state index in [4.69, 9.17) is 17.0 Å². The number of thioether (sulfide) groups is 1. The molecule has 0 N–H and O–H groups in total. The first-order valence-electron chi connectivity index (χ1n) is 7.47. The Labute approximate surface area is 151 Å². The van der Waals surface area contributed by atoms with Crippen LogP contribution in [0.25, 0.3) is 11.8 Å². The minimum atomic E-state index is -0.0424. The van der Waals surface area contributed by atoms with Gasteiger partial charge in [-0.1, -0.05) is 24.0 Å². The summed E-state index contributed by atoms with van der Waals surface area (Å²) >= 11 is 6.53. The summed E-state index contributed by atoms with van der Waals surface area (Å²) in [6.45, 7) is 4.11. The van der Waals surface area contributed by atoms with Gasteiger partial charge in [-0.15, -0.1) is 0 Å². The molecule has 6 heteroatoms. The average Bonchev–Trinajstić information content (AvgIpc) is 2.98. The van der Waals surface area contributed by atoms with Gasteiger partial charge in [0.2, 0.25) is 0 Å². The van der Waals surface area contributed by atoms with Crippen LogP contribution in [0.1, 0.15) is 17.0 Å². The van der Waals surface area contributed by atoms with Crippen LogP contribution in [0, 0.1) is 13.8 Å². The molecule has 1 amide bonds. The van der Waals surface area contributed by atoms with Gasteiger partial charge in [0.25, 0.3) is 5.91 Å². The molecule has 0 atom stereocenters. The molecule has 0 saturated carbocycles. The minimum absolute atomic E-state index is 0.0424. The maximum atomic E-state index is 12.2. The van der Waals surface area contributed by atoms with Crippen molar-refractivity contribution in [3.05, 3.63) is 52.2 Å². The first-order valence-corrected chi connectivity index (χ1v) is 8.69. The van der Waals surface area contributed by atoms with Crippen molar-refractivity contribution in [2.24, 2.45) is 0 Å². The molecule has 0 spiro atoms. The van der Waals surface area contributed by atoms with Gasteiger partial charge in [-0.3, -0.25) is 9.69 Å². The number of carbonyl (C=O) groups is 1. The van der Waals surface area contributed by atoms with E-state index in [1.165, 1.54) is 16.7 Å². The van der Waals surface area contributed by atoms with Crippen LogP contribution < -0.4 is 4.74 Å². The van der Waals surface area contributed by atoms with Crippen LogP contribution in [0.5, 0.6) is 5.75 Å². The van der Waals surface area contributed by atoms with Crippen molar-refractivity contribution in [1.29, 1.82) is 0 Å². The molecule has 1 aliphatic rings. The molecule has 1 saturated heterocycles. The van der Waals surface area contributed by atoms with Crippen molar-refractivity contribution >= 4 is 40.3 Å². The Balaban J connectivity index is 2.01. The van der Waals surface area contributed by atoms with Crippen LogP contribution in [0.2, 0.25) is 0 Å². The Morgan fingerprint density at radius 2 is 1.88 bits per heavy atom. The highest BCUT2D eigenvalue weighted by molar-refractivity contribution is 8.26. The van der Waals surface area contributed by atoms with Crippen molar-refractivity contribution in [2.75, 3.05) is 14.2 Å². The molecular weight excluding hydrogens is 340 g/mol. The lowest BCUT2D eigenvalue weighted by atomic mass is 10.2. The highest BCUT2D eigenvalue weighted by atomic mass is 32.2.